The normalized spacial score (nSPS) is 10.7. The van der Waals surface area contributed by atoms with Gasteiger partial charge >= 0.3 is 0 Å². The van der Waals surface area contributed by atoms with Gasteiger partial charge < -0.3 is 4.57 Å². The molecule has 0 bridgehead atoms. The highest BCUT2D eigenvalue weighted by Crippen LogP contribution is 2.19. The van der Waals surface area contributed by atoms with Crippen LogP contribution in [0.4, 0.5) is 0 Å². The van der Waals surface area contributed by atoms with Crippen molar-refractivity contribution in [2.45, 2.75) is 13.5 Å². The lowest BCUT2D eigenvalue weighted by molar-refractivity contribution is 0.111. The van der Waals surface area contributed by atoms with E-state index in [-0.39, 0.29) is 0 Å². The standard InChI is InChI=1S/C10H9ClN2O/c1-2-13-9-4-3-7(11)5-8(9)12-10(13)6-14/h3-6H,2H2,1H3. The first-order valence-electron chi connectivity index (χ1n) is 4.37. The molecule has 14 heavy (non-hydrogen) atoms. The molecule has 0 unspecified atom stereocenters. The number of aryl methyl sites for hydroxylation is 1. The fraction of sp³-hybridized carbons (Fsp3) is 0.200. The number of carbonyl (C=O) groups excluding carboxylic acids is 1. The number of hydrogen-bond donors (Lipinski definition) is 0. The van der Waals surface area contributed by atoms with E-state index in [1.54, 1.807) is 12.1 Å². The van der Waals surface area contributed by atoms with Crippen LogP contribution in [-0.4, -0.2) is 15.8 Å². The van der Waals surface area contributed by atoms with Crippen molar-refractivity contribution in [2.24, 2.45) is 0 Å². The Balaban J connectivity index is 2.79. The summed E-state index contributed by atoms with van der Waals surface area (Å²) in [7, 11) is 0. The van der Waals surface area contributed by atoms with E-state index in [0.29, 0.717) is 10.8 Å². The average molecular weight is 209 g/mol. The molecule has 0 aliphatic rings. The molecule has 2 aromatic rings. The number of imidazole rings is 1. The molecule has 3 nitrogen and oxygen atoms in total. The predicted octanol–water partition coefficient (Wildman–Crippen LogP) is 2.52. The number of halogens is 1. The Morgan fingerprint density at radius 3 is 3.00 bits per heavy atom. The predicted molar refractivity (Wildman–Crippen MR) is 55.8 cm³/mol. The molecule has 1 heterocycles. The summed E-state index contributed by atoms with van der Waals surface area (Å²) in [6.07, 6.45) is 0.761. The molecule has 0 aliphatic carbocycles. The monoisotopic (exact) mass is 208 g/mol. The van der Waals surface area contributed by atoms with Crippen LogP contribution in [0.3, 0.4) is 0 Å². The highest BCUT2D eigenvalue weighted by Gasteiger charge is 2.08. The molecule has 2 rings (SSSR count). The summed E-state index contributed by atoms with van der Waals surface area (Å²) < 4.78 is 1.86. The Hall–Kier alpha value is -1.35. The first-order chi connectivity index (χ1) is 6.76. The van der Waals surface area contributed by atoms with Crippen molar-refractivity contribution in [3.8, 4) is 0 Å². The van der Waals surface area contributed by atoms with E-state index in [4.69, 9.17) is 11.6 Å². The number of aromatic nitrogens is 2. The molecule has 0 amide bonds. The SMILES string of the molecule is CCn1c(C=O)nc2cc(Cl)ccc21. The van der Waals surface area contributed by atoms with E-state index in [0.717, 1.165) is 23.9 Å². The van der Waals surface area contributed by atoms with Crippen molar-refractivity contribution in [3.63, 3.8) is 0 Å². The van der Waals surface area contributed by atoms with Crippen LogP contribution in [0.2, 0.25) is 5.02 Å². The first-order valence-corrected chi connectivity index (χ1v) is 4.75. The van der Waals surface area contributed by atoms with Gasteiger partial charge in [0.1, 0.15) is 0 Å². The Kier molecular flexibility index (Phi) is 2.25. The zero-order chi connectivity index (χ0) is 10.1. The number of fused-ring (bicyclic) bond motifs is 1. The minimum Gasteiger partial charge on any atom is -0.322 e. The molecule has 0 saturated heterocycles. The van der Waals surface area contributed by atoms with Gasteiger partial charge in [0, 0.05) is 11.6 Å². The summed E-state index contributed by atoms with van der Waals surface area (Å²) in [4.78, 5) is 14.9. The zero-order valence-electron chi connectivity index (χ0n) is 7.70. The van der Waals surface area contributed by atoms with Crippen molar-refractivity contribution in [3.05, 3.63) is 29.0 Å². The third kappa shape index (κ3) is 1.30. The molecule has 0 radical (unpaired) electrons. The van der Waals surface area contributed by atoms with E-state index in [9.17, 15) is 4.79 Å². The van der Waals surface area contributed by atoms with Crippen molar-refractivity contribution < 1.29 is 4.79 Å². The van der Waals surface area contributed by atoms with Crippen molar-refractivity contribution in [1.29, 1.82) is 0 Å². The lowest BCUT2D eigenvalue weighted by Gasteiger charge is -2.00. The second kappa shape index (κ2) is 3.42. The smallest absolute Gasteiger partial charge is 0.185 e. The topological polar surface area (TPSA) is 34.9 Å². The maximum absolute atomic E-state index is 10.7. The molecule has 0 atom stereocenters. The summed E-state index contributed by atoms with van der Waals surface area (Å²) in [6, 6.07) is 5.43. The third-order valence-electron chi connectivity index (χ3n) is 2.16. The van der Waals surface area contributed by atoms with Gasteiger partial charge in [-0.25, -0.2) is 4.98 Å². The second-order valence-electron chi connectivity index (χ2n) is 2.97. The van der Waals surface area contributed by atoms with Gasteiger partial charge in [0.2, 0.25) is 0 Å². The summed E-state index contributed by atoms with van der Waals surface area (Å²) in [5, 5.41) is 0.635. The molecular formula is C10H9ClN2O. The number of nitrogens with zero attached hydrogens (tertiary/aromatic N) is 2. The van der Waals surface area contributed by atoms with Gasteiger partial charge in [-0.3, -0.25) is 4.79 Å². The van der Waals surface area contributed by atoms with Crippen LogP contribution in [0.15, 0.2) is 18.2 Å². The van der Waals surface area contributed by atoms with Gasteiger partial charge in [-0.05, 0) is 25.1 Å². The minimum atomic E-state index is 0.449. The van der Waals surface area contributed by atoms with Gasteiger partial charge in [0.25, 0.3) is 0 Å². The number of benzene rings is 1. The number of aldehydes is 1. The molecule has 72 valence electrons. The maximum Gasteiger partial charge on any atom is 0.185 e. The van der Waals surface area contributed by atoms with Crippen LogP contribution in [0, 0.1) is 0 Å². The summed E-state index contributed by atoms with van der Waals surface area (Å²) in [6.45, 7) is 2.70. The molecule has 0 fully saturated rings. The summed E-state index contributed by atoms with van der Waals surface area (Å²) in [5.74, 6) is 0.449. The number of rotatable bonds is 2. The van der Waals surface area contributed by atoms with Crippen molar-refractivity contribution in [2.75, 3.05) is 0 Å². The molecule has 0 N–H and O–H groups in total. The fourth-order valence-electron chi connectivity index (χ4n) is 1.54. The zero-order valence-corrected chi connectivity index (χ0v) is 8.45. The Morgan fingerprint density at radius 2 is 2.36 bits per heavy atom. The Labute approximate surface area is 86.3 Å². The summed E-state index contributed by atoms with van der Waals surface area (Å²) in [5.41, 5.74) is 1.71. The molecule has 0 saturated carbocycles. The van der Waals surface area contributed by atoms with E-state index in [1.165, 1.54) is 0 Å². The van der Waals surface area contributed by atoms with Gasteiger partial charge in [0.05, 0.1) is 11.0 Å². The van der Waals surface area contributed by atoms with E-state index in [2.05, 4.69) is 4.98 Å². The highest BCUT2D eigenvalue weighted by atomic mass is 35.5. The maximum atomic E-state index is 10.7. The van der Waals surface area contributed by atoms with Crippen molar-refractivity contribution >= 4 is 28.9 Å². The van der Waals surface area contributed by atoms with E-state index in [1.807, 2.05) is 17.6 Å². The van der Waals surface area contributed by atoms with Gasteiger partial charge in [-0.15, -0.1) is 0 Å². The lowest BCUT2D eigenvalue weighted by Crippen LogP contribution is -1.99. The number of carbonyl (C=O) groups is 1. The lowest BCUT2D eigenvalue weighted by atomic mass is 10.3. The van der Waals surface area contributed by atoms with Gasteiger partial charge in [-0.2, -0.15) is 0 Å². The minimum absolute atomic E-state index is 0.449. The van der Waals surface area contributed by atoms with E-state index < -0.39 is 0 Å². The van der Waals surface area contributed by atoms with Crippen LogP contribution in [0.5, 0.6) is 0 Å². The Morgan fingerprint density at radius 1 is 1.57 bits per heavy atom. The third-order valence-corrected chi connectivity index (χ3v) is 2.40. The summed E-state index contributed by atoms with van der Waals surface area (Å²) >= 11 is 5.83. The van der Waals surface area contributed by atoms with Gasteiger partial charge in [-0.1, -0.05) is 11.6 Å². The quantitative estimate of drug-likeness (QED) is 0.711. The molecule has 4 heteroatoms. The van der Waals surface area contributed by atoms with Gasteiger partial charge in [0.15, 0.2) is 12.1 Å². The number of hydrogen-bond acceptors (Lipinski definition) is 2. The molecule has 0 aliphatic heterocycles. The van der Waals surface area contributed by atoms with Crippen LogP contribution in [-0.2, 0) is 6.54 Å². The first kappa shape index (κ1) is 9.21. The fourth-order valence-corrected chi connectivity index (χ4v) is 1.71. The largest absolute Gasteiger partial charge is 0.322 e. The molecular weight excluding hydrogens is 200 g/mol. The molecule has 1 aromatic carbocycles. The van der Waals surface area contributed by atoms with Crippen LogP contribution >= 0.6 is 11.6 Å². The second-order valence-corrected chi connectivity index (χ2v) is 3.40. The van der Waals surface area contributed by atoms with Crippen LogP contribution in [0.1, 0.15) is 17.5 Å². The van der Waals surface area contributed by atoms with Crippen LogP contribution < -0.4 is 0 Å². The van der Waals surface area contributed by atoms with E-state index >= 15 is 0 Å². The highest BCUT2D eigenvalue weighted by molar-refractivity contribution is 6.31. The Bertz CT molecular complexity index is 490. The van der Waals surface area contributed by atoms with Crippen LogP contribution in [0.25, 0.3) is 11.0 Å². The van der Waals surface area contributed by atoms with Crippen molar-refractivity contribution in [1.82, 2.24) is 9.55 Å². The molecule has 1 aromatic heterocycles. The molecule has 0 spiro atoms. The average Bonchev–Trinajstić information content (AvgIpc) is 2.54.